The second-order valence-electron chi connectivity index (χ2n) is 7.46. The van der Waals surface area contributed by atoms with E-state index in [9.17, 15) is 14.7 Å². The molecule has 2 N–H and O–H groups in total. The molecular weight excluding hydrogens is 364 g/mol. The molecule has 29 heavy (non-hydrogen) atoms. The van der Waals surface area contributed by atoms with Crippen LogP contribution in [0.25, 0.3) is 0 Å². The number of carbonyl (C=O) groups is 2. The molecule has 0 aliphatic carbocycles. The summed E-state index contributed by atoms with van der Waals surface area (Å²) in [7, 11) is 0. The number of carbonyl (C=O) groups excluding carboxylic acids is 2. The summed E-state index contributed by atoms with van der Waals surface area (Å²) in [5, 5.41) is 13.1. The number of hydrogen-bond acceptors (Lipinski definition) is 3. The molecule has 158 valence electrons. The average molecular weight is 399 g/mol. The average Bonchev–Trinajstić information content (AvgIpc) is 2.71. The number of aliphatic hydroxyl groups is 1. The smallest absolute Gasteiger partial charge is 0.223 e. The summed E-state index contributed by atoms with van der Waals surface area (Å²) in [5.41, 5.74) is 1.09. The lowest BCUT2D eigenvalue weighted by Crippen LogP contribution is -2.42. The molecule has 0 spiro atoms. The van der Waals surface area contributed by atoms with E-state index in [-0.39, 0.29) is 17.9 Å². The van der Waals surface area contributed by atoms with Crippen molar-refractivity contribution in [2.45, 2.75) is 64.0 Å². The van der Waals surface area contributed by atoms with Crippen molar-refractivity contribution in [1.82, 2.24) is 10.2 Å². The SMILES string of the molecule is CCNC(=O)CCC/C=C\CN1C(=O)CCC[C@@H]1/C=C/C(O)Cc1ccccc1. The third kappa shape index (κ3) is 8.65. The van der Waals surface area contributed by atoms with E-state index in [1.807, 2.05) is 66.5 Å². The Morgan fingerprint density at radius 1 is 1.31 bits per heavy atom. The van der Waals surface area contributed by atoms with Gasteiger partial charge in [0.05, 0.1) is 12.1 Å². The van der Waals surface area contributed by atoms with Gasteiger partial charge in [-0.05, 0) is 38.2 Å². The fraction of sp³-hybridized carbons (Fsp3) is 0.500. The number of nitrogens with one attached hydrogen (secondary N) is 1. The lowest BCUT2D eigenvalue weighted by atomic mass is 9.99. The summed E-state index contributed by atoms with van der Waals surface area (Å²) in [5.74, 6) is 0.252. The number of allylic oxidation sites excluding steroid dienone is 1. The van der Waals surface area contributed by atoms with Crippen LogP contribution in [-0.2, 0) is 16.0 Å². The second-order valence-corrected chi connectivity index (χ2v) is 7.46. The molecule has 1 aliphatic heterocycles. The molecule has 1 heterocycles. The van der Waals surface area contributed by atoms with Gasteiger partial charge in [0, 0.05) is 32.4 Å². The highest BCUT2D eigenvalue weighted by Gasteiger charge is 2.25. The predicted octanol–water partition coefficient (Wildman–Crippen LogP) is 3.39. The second kappa shape index (κ2) is 12.9. The number of likely N-dealkylation sites (tertiary alicyclic amines) is 1. The third-order valence-electron chi connectivity index (χ3n) is 5.07. The number of rotatable bonds is 11. The molecule has 0 bridgehead atoms. The van der Waals surface area contributed by atoms with Crippen molar-refractivity contribution in [3.8, 4) is 0 Å². The molecule has 0 saturated carbocycles. The van der Waals surface area contributed by atoms with Crippen LogP contribution in [-0.4, -0.2) is 47.1 Å². The molecule has 1 aromatic rings. The largest absolute Gasteiger partial charge is 0.389 e. The first-order valence-electron chi connectivity index (χ1n) is 10.7. The summed E-state index contributed by atoms with van der Waals surface area (Å²) in [4.78, 5) is 25.7. The standard InChI is InChI=1S/C24H34N2O3/c1-2-25-23(28)14-8-3-4-9-18-26-21(13-10-15-24(26)29)16-17-22(27)19-20-11-6-5-7-12-20/h4-7,9,11-12,16-17,21-22,27H,2-3,8,10,13-15,18-19H2,1H3,(H,25,28)/b9-4-,17-16+/t21-,22?/m1/s1. The zero-order valence-electron chi connectivity index (χ0n) is 17.4. The van der Waals surface area contributed by atoms with E-state index >= 15 is 0 Å². The number of nitrogens with zero attached hydrogens (tertiary/aromatic N) is 1. The molecule has 0 aromatic heterocycles. The summed E-state index contributed by atoms with van der Waals surface area (Å²) < 4.78 is 0. The summed E-state index contributed by atoms with van der Waals surface area (Å²) in [6, 6.07) is 9.94. The molecule has 1 aromatic carbocycles. The third-order valence-corrected chi connectivity index (χ3v) is 5.07. The summed E-state index contributed by atoms with van der Waals surface area (Å²) in [6.07, 6.45) is 12.4. The van der Waals surface area contributed by atoms with Gasteiger partial charge in [0.1, 0.15) is 0 Å². The molecule has 1 fully saturated rings. The normalized spacial score (nSPS) is 18.5. The number of aliphatic hydroxyl groups excluding tert-OH is 1. The van der Waals surface area contributed by atoms with Crippen molar-refractivity contribution in [1.29, 1.82) is 0 Å². The molecule has 1 aliphatic rings. The predicted molar refractivity (Wildman–Crippen MR) is 116 cm³/mol. The van der Waals surface area contributed by atoms with Crippen LogP contribution in [0, 0.1) is 0 Å². The summed E-state index contributed by atoms with van der Waals surface area (Å²) in [6.45, 7) is 3.16. The van der Waals surface area contributed by atoms with Crippen molar-refractivity contribution in [2.24, 2.45) is 0 Å². The van der Waals surface area contributed by atoms with Crippen LogP contribution in [0.5, 0.6) is 0 Å². The van der Waals surface area contributed by atoms with Gasteiger partial charge in [-0.15, -0.1) is 0 Å². The van der Waals surface area contributed by atoms with Crippen molar-refractivity contribution in [3.05, 3.63) is 60.2 Å². The van der Waals surface area contributed by atoms with Crippen molar-refractivity contribution >= 4 is 11.8 Å². The Labute approximate surface area is 174 Å². The first-order valence-corrected chi connectivity index (χ1v) is 10.7. The number of amides is 2. The Kier molecular flexibility index (Phi) is 10.2. The van der Waals surface area contributed by atoms with Crippen molar-refractivity contribution < 1.29 is 14.7 Å². The lowest BCUT2D eigenvalue weighted by Gasteiger charge is -2.33. The van der Waals surface area contributed by atoms with Gasteiger partial charge in [-0.3, -0.25) is 9.59 Å². The van der Waals surface area contributed by atoms with E-state index in [1.165, 1.54) is 0 Å². The van der Waals surface area contributed by atoms with Gasteiger partial charge in [0.2, 0.25) is 11.8 Å². The van der Waals surface area contributed by atoms with Crippen LogP contribution >= 0.6 is 0 Å². The number of benzene rings is 1. The Morgan fingerprint density at radius 3 is 2.86 bits per heavy atom. The van der Waals surface area contributed by atoms with Crippen LogP contribution in [0.4, 0.5) is 0 Å². The Balaban J connectivity index is 1.80. The van der Waals surface area contributed by atoms with E-state index in [0.717, 1.165) is 31.2 Å². The molecule has 2 amide bonds. The van der Waals surface area contributed by atoms with Crippen LogP contribution < -0.4 is 5.32 Å². The van der Waals surface area contributed by atoms with Gasteiger partial charge in [0.15, 0.2) is 0 Å². The highest BCUT2D eigenvalue weighted by Crippen LogP contribution is 2.20. The highest BCUT2D eigenvalue weighted by molar-refractivity contribution is 5.77. The zero-order chi connectivity index (χ0) is 20.9. The molecule has 5 heteroatoms. The fourth-order valence-corrected chi connectivity index (χ4v) is 3.54. The summed E-state index contributed by atoms with van der Waals surface area (Å²) >= 11 is 0. The van der Waals surface area contributed by atoms with Crippen LogP contribution in [0.3, 0.4) is 0 Å². The number of piperidine rings is 1. The molecular formula is C24H34N2O3. The Morgan fingerprint density at radius 2 is 2.10 bits per heavy atom. The maximum absolute atomic E-state index is 12.4. The minimum Gasteiger partial charge on any atom is -0.389 e. The quantitative estimate of drug-likeness (QED) is 0.443. The van der Waals surface area contributed by atoms with Crippen molar-refractivity contribution in [3.63, 3.8) is 0 Å². The maximum Gasteiger partial charge on any atom is 0.223 e. The first-order chi connectivity index (χ1) is 14.1. The Hall–Kier alpha value is -2.40. The monoisotopic (exact) mass is 398 g/mol. The minimum absolute atomic E-state index is 0.0293. The van der Waals surface area contributed by atoms with E-state index in [4.69, 9.17) is 0 Å². The molecule has 2 atom stereocenters. The number of hydrogen-bond donors (Lipinski definition) is 2. The molecule has 1 saturated heterocycles. The molecule has 0 radical (unpaired) electrons. The number of unbranched alkanes of at least 4 members (excludes halogenated alkanes) is 1. The first kappa shape index (κ1) is 22.9. The van der Waals surface area contributed by atoms with Crippen molar-refractivity contribution in [2.75, 3.05) is 13.1 Å². The van der Waals surface area contributed by atoms with Crippen LogP contribution in [0.15, 0.2) is 54.6 Å². The zero-order valence-corrected chi connectivity index (χ0v) is 17.4. The molecule has 1 unspecified atom stereocenters. The van der Waals surface area contributed by atoms with E-state index < -0.39 is 6.10 Å². The minimum atomic E-state index is -0.555. The van der Waals surface area contributed by atoms with Gasteiger partial charge >= 0.3 is 0 Å². The lowest BCUT2D eigenvalue weighted by molar-refractivity contribution is -0.134. The Bertz CT molecular complexity index is 685. The van der Waals surface area contributed by atoms with E-state index in [1.54, 1.807) is 0 Å². The van der Waals surface area contributed by atoms with Crippen LogP contribution in [0.1, 0.15) is 51.0 Å². The molecule has 5 nitrogen and oxygen atoms in total. The fourth-order valence-electron chi connectivity index (χ4n) is 3.54. The maximum atomic E-state index is 12.4. The van der Waals surface area contributed by atoms with Gasteiger partial charge in [-0.25, -0.2) is 0 Å². The van der Waals surface area contributed by atoms with Gasteiger partial charge < -0.3 is 15.3 Å². The van der Waals surface area contributed by atoms with Gasteiger partial charge in [-0.1, -0.05) is 54.6 Å². The van der Waals surface area contributed by atoms with E-state index in [0.29, 0.717) is 32.4 Å². The topological polar surface area (TPSA) is 69.6 Å². The van der Waals surface area contributed by atoms with E-state index in [2.05, 4.69) is 5.32 Å². The van der Waals surface area contributed by atoms with Gasteiger partial charge in [-0.2, -0.15) is 0 Å². The highest BCUT2D eigenvalue weighted by atomic mass is 16.3. The van der Waals surface area contributed by atoms with Gasteiger partial charge in [0.25, 0.3) is 0 Å². The molecule has 2 rings (SSSR count). The van der Waals surface area contributed by atoms with Crippen LogP contribution in [0.2, 0.25) is 0 Å².